The molecule has 2 rings (SSSR count). The summed E-state index contributed by atoms with van der Waals surface area (Å²) in [7, 11) is 0. The maximum Gasteiger partial charge on any atom is 0.223 e. The van der Waals surface area contributed by atoms with Crippen molar-refractivity contribution >= 4 is 17.5 Å². The van der Waals surface area contributed by atoms with Crippen LogP contribution < -0.4 is 10.1 Å². The molecule has 0 spiro atoms. The molecule has 0 saturated carbocycles. The van der Waals surface area contributed by atoms with Crippen molar-refractivity contribution in [3.63, 3.8) is 0 Å². The molecule has 0 aliphatic carbocycles. The predicted molar refractivity (Wildman–Crippen MR) is 77.4 cm³/mol. The maximum atomic E-state index is 11.3. The number of carbonyl (C=O) groups excluding carboxylic acids is 1. The van der Waals surface area contributed by atoms with Crippen LogP contribution in [0.1, 0.15) is 6.92 Å². The van der Waals surface area contributed by atoms with E-state index in [1.54, 1.807) is 24.3 Å². The average molecular weight is 332 g/mol. The number of ether oxygens (including phenoxy) is 2. The third kappa shape index (κ3) is 3.88. The molecule has 5 atom stereocenters. The third-order valence-electron chi connectivity index (χ3n) is 3.32. The van der Waals surface area contributed by atoms with Gasteiger partial charge in [-0.2, -0.15) is 0 Å². The van der Waals surface area contributed by atoms with Gasteiger partial charge in [0.1, 0.15) is 30.1 Å². The molecule has 0 radical (unpaired) electrons. The zero-order valence-corrected chi connectivity index (χ0v) is 12.6. The fourth-order valence-corrected chi connectivity index (χ4v) is 2.34. The number of rotatable bonds is 4. The second kappa shape index (κ2) is 7.26. The average Bonchev–Trinajstić information content (AvgIpc) is 2.48. The van der Waals surface area contributed by atoms with E-state index in [0.29, 0.717) is 10.8 Å². The number of halogens is 1. The van der Waals surface area contributed by atoms with Crippen LogP contribution in [0.4, 0.5) is 0 Å². The van der Waals surface area contributed by atoms with Gasteiger partial charge in [-0.3, -0.25) is 4.79 Å². The summed E-state index contributed by atoms with van der Waals surface area (Å²) in [6.07, 6.45) is -4.77. The normalized spacial score (nSPS) is 31.6. The van der Waals surface area contributed by atoms with E-state index in [1.807, 2.05) is 0 Å². The second-order valence-electron chi connectivity index (χ2n) is 5.00. The first-order valence-corrected chi connectivity index (χ1v) is 7.12. The van der Waals surface area contributed by atoms with Crippen molar-refractivity contribution in [1.82, 2.24) is 5.32 Å². The largest absolute Gasteiger partial charge is 0.463 e. The molecule has 1 fully saturated rings. The molecule has 1 aliphatic heterocycles. The van der Waals surface area contributed by atoms with Crippen LogP contribution in [0.25, 0.3) is 0 Å². The number of benzene rings is 1. The van der Waals surface area contributed by atoms with Crippen molar-refractivity contribution in [2.24, 2.45) is 0 Å². The molecule has 1 aromatic rings. The first-order valence-electron chi connectivity index (χ1n) is 6.74. The quantitative estimate of drug-likeness (QED) is 0.601. The Labute approximate surface area is 132 Å². The topological polar surface area (TPSA) is 108 Å². The molecular formula is C14H18ClNO6. The lowest BCUT2D eigenvalue weighted by molar-refractivity contribution is -0.244. The van der Waals surface area contributed by atoms with Crippen molar-refractivity contribution in [3.05, 3.63) is 29.3 Å². The number of aliphatic hydroxyl groups excluding tert-OH is 3. The van der Waals surface area contributed by atoms with Gasteiger partial charge in [-0.25, -0.2) is 0 Å². The minimum atomic E-state index is -1.34. The van der Waals surface area contributed by atoms with Crippen LogP contribution in [0.3, 0.4) is 0 Å². The molecular weight excluding hydrogens is 314 g/mol. The van der Waals surface area contributed by atoms with E-state index < -0.39 is 43.2 Å². The minimum absolute atomic E-state index is 0.407. The Kier molecular flexibility index (Phi) is 5.60. The van der Waals surface area contributed by atoms with Crippen molar-refractivity contribution in [1.29, 1.82) is 0 Å². The number of carbonyl (C=O) groups is 1. The number of nitrogens with one attached hydrogen (secondary N) is 1. The Bertz CT molecular complexity index is 511. The molecule has 0 aromatic heterocycles. The summed E-state index contributed by atoms with van der Waals surface area (Å²) in [5.41, 5.74) is 0. The van der Waals surface area contributed by atoms with E-state index in [4.69, 9.17) is 21.1 Å². The Morgan fingerprint density at radius 1 is 1.32 bits per heavy atom. The number of aliphatic hydroxyl groups is 3. The summed E-state index contributed by atoms with van der Waals surface area (Å²) in [6, 6.07) is 5.44. The highest BCUT2D eigenvalue weighted by molar-refractivity contribution is 6.30. The predicted octanol–water partition coefficient (Wildman–Crippen LogP) is -0.338. The van der Waals surface area contributed by atoms with Gasteiger partial charge >= 0.3 is 0 Å². The highest BCUT2D eigenvalue weighted by Crippen LogP contribution is 2.25. The Balaban J connectivity index is 2.18. The number of hydrogen-bond donors (Lipinski definition) is 4. The van der Waals surface area contributed by atoms with Crippen LogP contribution in [0.15, 0.2) is 24.3 Å². The minimum Gasteiger partial charge on any atom is -0.463 e. The number of amides is 1. The maximum absolute atomic E-state index is 11.3. The van der Waals surface area contributed by atoms with Gasteiger partial charge in [-0.05, 0) is 24.3 Å². The SMILES string of the molecule is CC(=O)N[C@@H]1[C@H](Oc2ccc(Cl)cc2)O[C@H](CO)[C@H](O)[C@H]1O. The van der Waals surface area contributed by atoms with Crippen molar-refractivity contribution < 1.29 is 29.6 Å². The summed E-state index contributed by atoms with van der Waals surface area (Å²) >= 11 is 5.79. The van der Waals surface area contributed by atoms with Gasteiger partial charge < -0.3 is 30.1 Å². The van der Waals surface area contributed by atoms with Crippen molar-refractivity contribution in [3.8, 4) is 5.75 Å². The first kappa shape index (κ1) is 17.0. The zero-order valence-electron chi connectivity index (χ0n) is 11.8. The van der Waals surface area contributed by atoms with Gasteiger partial charge in [-0.1, -0.05) is 11.6 Å². The summed E-state index contributed by atoms with van der Waals surface area (Å²) in [5.74, 6) is -0.00274. The monoisotopic (exact) mass is 331 g/mol. The van der Waals surface area contributed by atoms with Gasteiger partial charge in [0, 0.05) is 11.9 Å². The van der Waals surface area contributed by atoms with Crippen LogP contribution in [0.5, 0.6) is 5.75 Å². The van der Waals surface area contributed by atoms with Crippen LogP contribution >= 0.6 is 11.6 Å². The second-order valence-corrected chi connectivity index (χ2v) is 5.44. The van der Waals surface area contributed by atoms with Gasteiger partial charge in [-0.15, -0.1) is 0 Å². The molecule has 1 heterocycles. The standard InChI is InChI=1S/C14H18ClNO6/c1-7(18)16-11-13(20)12(19)10(6-17)22-14(11)21-9-4-2-8(15)3-5-9/h2-5,10-14,17,19-20H,6H2,1H3,(H,16,18)/t10-,11+,12+,13+,14-/m1/s1. The molecule has 1 aromatic carbocycles. The van der Waals surface area contributed by atoms with E-state index >= 15 is 0 Å². The highest BCUT2D eigenvalue weighted by Gasteiger charge is 2.46. The van der Waals surface area contributed by atoms with Crippen LogP contribution in [0.2, 0.25) is 5.02 Å². The van der Waals surface area contributed by atoms with E-state index in [0.717, 1.165) is 0 Å². The summed E-state index contributed by atoms with van der Waals surface area (Å²) in [4.78, 5) is 11.3. The molecule has 1 saturated heterocycles. The Morgan fingerprint density at radius 2 is 1.95 bits per heavy atom. The van der Waals surface area contributed by atoms with Crippen molar-refractivity contribution in [2.45, 2.75) is 37.6 Å². The lowest BCUT2D eigenvalue weighted by Crippen LogP contribution is -2.65. The molecule has 8 heteroatoms. The van der Waals surface area contributed by atoms with Gasteiger partial charge in [0.2, 0.25) is 12.2 Å². The van der Waals surface area contributed by atoms with Gasteiger partial charge in [0.15, 0.2) is 0 Å². The van der Waals surface area contributed by atoms with E-state index in [-0.39, 0.29) is 0 Å². The molecule has 0 bridgehead atoms. The lowest BCUT2D eigenvalue weighted by atomic mass is 9.97. The summed E-state index contributed by atoms with van der Waals surface area (Å²) in [5, 5.41) is 32.2. The molecule has 122 valence electrons. The molecule has 0 unspecified atom stereocenters. The van der Waals surface area contributed by atoms with Crippen molar-refractivity contribution in [2.75, 3.05) is 6.61 Å². The molecule has 4 N–H and O–H groups in total. The van der Waals surface area contributed by atoms with Crippen LogP contribution in [0, 0.1) is 0 Å². The van der Waals surface area contributed by atoms with E-state index in [2.05, 4.69) is 5.32 Å². The summed E-state index contributed by atoms with van der Waals surface area (Å²) in [6.45, 7) is 0.780. The smallest absolute Gasteiger partial charge is 0.223 e. The number of hydrogen-bond acceptors (Lipinski definition) is 6. The van der Waals surface area contributed by atoms with E-state index in [1.165, 1.54) is 6.92 Å². The fraction of sp³-hybridized carbons (Fsp3) is 0.500. The Hall–Kier alpha value is -1.38. The van der Waals surface area contributed by atoms with E-state index in [9.17, 15) is 20.1 Å². The zero-order chi connectivity index (χ0) is 16.3. The molecule has 1 amide bonds. The first-order chi connectivity index (χ1) is 10.4. The van der Waals surface area contributed by atoms with Gasteiger partial charge in [0.25, 0.3) is 0 Å². The highest BCUT2D eigenvalue weighted by atomic mass is 35.5. The molecule has 1 aliphatic rings. The molecule has 22 heavy (non-hydrogen) atoms. The molecule has 7 nitrogen and oxygen atoms in total. The van der Waals surface area contributed by atoms with Gasteiger partial charge in [0.05, 0.1) is 6.61 Å². The van der Waals surface area contributed by atoms with Crippen LogP contribution in [-0.2, 0) is 9.53 Å². The third-order valence-corrected chi connectivity index (χ3v) is 3.57. The summed E-state index contributed by atoms with van der Waals surface area (Å²) < 4.78 is 11.0. The lowest BCUT2D eigenvalue weighted by Gasteiger charge is -2.42. The fourth-order valence-electron chi connectivity index (χ4n) is 2.22. The van der Waals surface area contributed by atoms with Crippen LogP contribution in [-0.4, -0.2) is 58.5 Å². The Morgan fingerprint density at radius 3 is 2.50 bits per heavy atom.